The number of aromatic amines is 2. The van der Waals surface area contributed by atoms with E-state index in [1.165, 1.54) is 92.8 Å². The van der Waals surface area contributed by atoms with Crippen LogP contribution in [0.2, 0.25) is 5.15 Å². The molecule has 20 aromatic rings. The van der Waals surface area contributed by atoms with Crippen molar-refractivity contribution in [1.82, 2.24) is 30.2 Å². The third kappa shape index (κ3) is 27.5. The van der Waals surface area contributed by atoms with E-state index in [0.717, 1.165) is 38.7 Å². The van der Waals surface area contributed by atoms with Gasteiger partial charge in [-0.1, -0.05) is 436 Å². The Hall–Kier alpha value is -14.7. The van der Waals surface area contributed by atoms with Gasteiger partial charge in [0.05, 0.1) is 27.7 Å². The van der Waals surface area contributed by atoms with Crippen LogP contribution in [0, 0.1) is 11.6 Å². The van der Waals surface area contributed by atoms with Crippen LogP contribution in [0.4, 0.5) is 18.4 Å². The molecule has 0 spiro atoms. The second kappa shape index (κ2) is 51.4. The summed E-state index contributed by atoms with van der Waals surface area (Å²) in [5.41, 5.74) is 4.47. The number of fused-ring (bicyclic) bond motifs is 4. The van der Waals surface area contributed by atoms with Gasteiger partial charge in [0.25, 0.3) is 11.1 Å². The Morgan fingerprint density at radius 3 is 0.810 bits per heavy atom. The number of carbonyl (C=O) groups is 2. The van der Waals surface area contributed by atoms with E-state index in [2.05, 4.69) is 384 Å². The number of hydrogen-bond acceptors (Lipinski definition) is 10. The fourth-order valence-corrected chi connectivity index (χ4v) is 26.2. The fourth-order valence-electron chi connectivity index (χ4n) is 16.8. The maximum atomic E-state index is 13.4. The average molecular weight is 2120 g/mol. The SMILES string of the molecule is CC1(C)OB(c2ccc(OC(=O)N3Cc4ccc(F)cc4C3)cc2)OC1(C)C.O=C(Oc1ccc(-c2n[nH]c(=O)c3ccccc23)cc1)N1Cc2ccc(F)cc2C1.O=c1[nH]nc(Cl)c2ccccc12.[Pd].c1ccc(P(c2ccccc2)c2ccccc2)cc1.c1ccc(P(c2ccccc2)c2ccccc2)cc1.c1ccc(P(c2ccccc2)c2ccccc2)cc1.c1ccc(P(c2ccccc2)c2ccccc2)cc1. The molecule has 2 amide bonds. The van der Waals surface area contributed by atoms with Gasteiger partial charge < -0.3 is 18.8 Å². The molecule has 18 aromatic carbocycles. The molecule has 0 saturated carbocycles. The zero-order valence-electron chi connectivity index (χ0n) is 81.0. The Balaban J connectivity index is 0.000000124. The number of amides is 2. The van der Waals surface area contributed by atoms with Gasteiger partial charge in [0.1, 0.15) is 23.1 Å². The molecule has 3 aliphatic heterocycles. The summed E-state index contributed by atoms with van der Waals surface area (Å²) in [6.07, 6.45) is -0.952. The molecule has 732 valence electrons. The van der Waals surface area contributed by atoms with E-state index in [9.17, 15) is 28.0 Å². The van der Waals surface area contributed by atoms with Crippen molar-refractivity contribution >= 4 is 153 Å². The summed E-state index contributed by atoms with van der Waals surface area (Å²) in [6.45, 7) is 9.48. The fraction of sp³-hybridized carbons (Fsp3) is 0.0806. The molecule has 1 saturated heterocycles. The molecule has 2 aromatic heterocycles. The minimum absolute atomic E-state index is 0. The number of nitrogens with zero attached hydrogens (tertiary/aromatic N) is 4. The van der Waals surface area contributed by atoms with Crippen LogP contribution in [0.25, 0.3) is 32.8 Å². The van der Waals surface area contributed by atoms with Crippen molar-refractivity contribution in [1.29, 1.82) is 0 Å². The van der Waals surface area contributed by atoms with Crippen LogP contribution < -0.4 is 89.7 Å². The summed E-state index contributed by atoms with van der Waals surface area (Å²) < 4.78 is 49.7. The van der Waals surface area contributed by atoms with Crippen LogP contribution in [-0.2, 0) is 55.9 Å². The summed E-state index contributed by atoms with van der Waals surface area (Å²) in [5.74, 6) is 0.210. The third-order valence-corrected chi connectivity index (χ3v) is 34.8. The van der Waals surface area contributed by atoms with E-state index in [4.69, 9.17) is 30.4 Å². The van der Waals surface area contributed by atoms with Gasteiger partial charge in [-0.25, -0.2) is 28.6 Å². The summed E-state index contributed by atoms with van der Waals surface area (Å²) >= 11 is 5.75. The van der Waals surface area contributed by atoms with Crippen molar-refractivity contribution in [2.75, 3.05) is 0 Å². The minimum atomic E-state index is -0.494. The molecule has 23 rings (SSSR count). The summed E-state index contributed by atoms with van der Waals surface area (Å²) in [4.78, 5) is 51.1. The van der Waals surface area contributed by atoms with Crippen molar-refractivity contribution in [3.8, 4) is 22.8 Å². The van der Waals surface area contributed by atoms with Crippen LogP contribution >= 0.6 is 43.3 Å². The number of carbonyl (C=O) groups excluding carboxylic acids is 2. The summed E-state index contributed by atoms with van der Waals surface area (Å²) in [6, 6.07) is 167. The van der Waals surface area contributed by atoms with Gasteiger partial charge in [0.15, 0.2) is 5.15 Å². The molecule has 2 N–H and O–H groups in total. The average Bonchev–Trinajstić information content (AvgIpc) is 1.63. The largest absolute Gasteiger partial charge is 0.494 e. The number of aromatic nitrogens is 4. The zero-order chi connectivity index (χ0) is 101. The normalized spacial score (nSPS) is 12.7. The standard InChI is InChI=1S/C23H16FN3O3.C21H23BFNO4.4C18H15P.C8H5ClN2O.Pd/c24-17-8-5-15-12-27(13-16(15)11-17)23(29)30-18-9-6-14(7-10-18)21-19-3-1-2-4-20(19)22(28)26-25-21;1-20(2)21(3,4)28-22(27-20)16-6-9-18(10-7-16)26-19(25)24-12-14-5-8-17(23)11-15(14)13-24;4*1-4-10-16(11-5-1)19(17-12-6-2-7-13-17)18-14-8-3-9-15-18;9-7-5-3-1-2-4-6(5)8(12)11-10-7;/h1-11H,12-13H2,(H,26,28);5-11H,12-13H2,1-4H3;4*1-15H;1-4H,(H,11,12);. The molecule has 1 fully saturated rings. The van der Waals surface area contributed by atoms with Gasteiger partial charge in [0.2, 0.25) is 0 Å². The minimum Gasteiger partial charge on any atom is -0.410 e. The second-order valence-corrected chi connectivity index (χ2v) is 44.4. The molecular weight excluding hydrogens is 2020 g/mol. The van der Waals surface area contributed by atoms with Crippen LogP contribution in [0.1, 0.15) is 49.9 Å². The van der Waals surface area contributed by atoms with E-state index in [1.54, 1.807) is 83.8 Å². The molecule has 0 atom stereocenters. The molecule has 14 nitrogen and oxygen atoms in total. The molecule has 0 radical (unpaired) electrons. The predicted molar refractivity (Wildman–Crippen MR) is 601 cm³/mol. The summed E-state index contributed by atoms with van der Waals surface area (Å²) in [5, 5.41) is 32.3. The Morgan fingerprint density at radius 1 is 0.306 bits per heavy atom. The van der Waals surface area contributed by atoms with Crippen LogP contribution in [-0.4, -0.2) is 60.7 Å². The van der Waals surface area contributed by atoms with E-state index in [-0.39, 0.29) is 43.2 Å². The number of H-pyrrole nitrogens is 2. The quantitative estimate of drug-likeness (QED) is 0.0701. The van der Waals surface area contributed by atoms with Crippen LogP contribution in [0.15, 0.2) is 507 Å². The number of hydrogen-bond donors (Lipinski definition) is 2. The molecule has 23 heteroatoms. The number of nitrogens with one attached hydrogen (secondary N) is 2. The van der Waals surface area contributed by atoms with Crippen molar-refractivity contribution in [3.05, 3.63) is 557 Å². The first-order valence-corrected chi connectivity index (χ1v) is 53.5. The summed E-state index contributed by atoms with van der Waals surface area (Å²) in [7, 11) is -2.24. The van der Waals surface area contributed by atoms with E-state index in [1.807, 2.05) is 58.0 Å². The topological polar surface area (TPSA) is 169 Å². The number of rotatable bonds is 16. The predicted octanol–water partition coefficient (Wildman–Crippen LogP) is 23.2. The third-order valence-electron chi connectivity index (χ3n) is 24.8. The number of halogens is 3. The molecule has 3 aliphatic rings. The second-order valence-electron chi connectivity index (χ2n) is 35.2. The van der Waals surface area contributed by atoms with Gasteiger partial charge in [-0.05, 0) is 224 Å². The maximum Gasteiger partial charge on any atom is 0.494 e. The Kier molecular flexibility index (Phi) is 36.7. The molecule has 0 bridgehead atoms. The molecule has 147 heavy (non-hydrogen) atoms. The van der Waals surface area contributed by atoms with Crippen LogP contribution in [0.5, 0.6) is 11.5 Å². The van der Waals surface area contributed by atoms with Crippen molar-refractivity contribution in [2.45, 2.75) is 65.1 Å². The first-order chi connectivity index (χ1) is 71.3. The Labute approximate surface area is 879 Å². The number of ether oxygens (including phenoxy) is 2. The zero-order valence-corrected chi connectivity index (χ0v) is 86.9. The van der Waals surface area contributed by atoms with Crippen molar-refractivity contribution < 1.29 is 57.6 Å². The van der Waals surface area contributed by atoms with Gasteiger partial charge in [-0.3, -0.25) is 19.4 Å². The van der Waals surface area contributed by atoms with Crippen molar-refractivity contribution in [3.63, 3.8) is 0 Å². The maximum absolute atomic E-state index is 13.4. The van der Waals surface area contributed by atoms with Crippen LogP contribution in [0.3, 0.4) is 0 Å². The molecule has 0 aliphatic carbocycles. The van der Waals surface area contributed by atoms with Gasteiger partial charge >= 0.3 is 19.3 Å². The first-order valence-electron chi connectivity index (χ1n) is 47.8. The number of benzene rings is 18. The van der Waals surface area contributed by atoms with Gasteiger partial charge in [-0.15, -0.1) is 0 Å². The molecule has 5 heterocycles. The Bertz CT molecular complexity index is 6920. The van der Waals surface area contributed by atoms with E-state index < -0.39 is 62.2 Å². The van der Waals surface area contributed by atoms with E-state index in [0.29, 0.717) is 64.7 Å². The monoisotopic (exact) mass is 2120 g/mol. The smallest absolute Gasteiger partial charge is 0.410 e. The van der Waals surface area contributed by atoms with Crippen molar-refractivity contribution in [2.24, 2.45) is 0 Å². The first kappa shape index (κ1) is 105. The van der Waals surface area contributed by atoms with E-state index >= 15 is 0 Å². The molecular formula is C124H104BClF2N6O8P4Pd. The molecule has 0 unspecified atom stereocenters. The van der Waals surface area contributed by atoms with Gasteiger partial charge in [0, 0.05) is 62.9 Å². The van der Waals surface area contributed by atoms with Gasteiger partial charge in [-0.2, -0.15) is 10.2 Å². The Morgan fingerprint density at radius 2 is 0.537 bits per heavy atom.